The van der Waals surface area contributed by atoms with Gasteiger partial charge in [-0.3, -0.25) is 9.36 Å². The SMILES string of the molecule is CCOC(=O)COc1c(/C=c2/sc3n(c2=O)[C@H](c2ccc(OCC(=O)OC)c(OCC)c2)C(C(=O)OCC)=C(C)N=3)cccc1OC. The van der Waals surface area contributed by atoms with Gasteiger partial charge in [-0.05, 0) is 57.5 Å². The van der Waals surface area contributed by atoms with E-state index in [2.05, 4.69) is 9.73 Å². The molecular weight excluding hydrogens is 632 g/mol. The van der Waals surface area contributed by atoms with Gasteiger partial charge in [0.25, 0.3) is 5.56 Å². The summed E-state index contributed by atoms with van der Waals surface area (Å²) in [6.07, 6.45) is 1.61. The summed E-state index contributed by atoms with van der Waals surface area (Å²) in [7, 11) is 2.72. The van der Waals surface area contributed by atoms with E-state index in [0.29, 0.717) is 33.1 Å². The van der Waals surface area contributed by atoms with Crippen LogP contribution in [0.15, 0.2) is 57.5 Å². The third kappa shape index (κ3) is 7.83. The molecule has 0 amide bonds. The van der Waals surface area contributed by atoms with Crippen molar-refractivity contribution in [2.45, 2.75) is 33.7 Å². The molecule has 2 aromatic carbocycles. The lowest BCUT2D eigenvalue weighted by Crippen LogP contribution is -2.40. The fraction of sp³-hybridized carbons (Fsp3) is 0.364. The minimum absolute atomic E-state index is 0.113. The molecule has 1 aliphatic heterocycles. The third-order valence-corrected chi connectivity index (χ3v) is 7.81. The number of allylic oxidation sites excluding steroid dienone is 1. The van der Waals surface area contributed by atoms with Crippen molar-refractivity contribution in [3.63, 3.8) is 0 Å². The molecular formula is C33H36N2O11S. The number of para-hydroxylation sites is 1. The molecule has 0 spiro atoms. The van der Waals surface area contributed by atoms with Crippen LogP contribution in [-0.4, -0.2) is 69.7 Å². The molecule has 0 aliphatic carbocycles. The summed E-state index contributed by atoms with van der Waals surface area (Å²) in [4.78, 5) is 56.2. The van der Waals surface area contributed by atoms with E-state index in [9.17, 15) is 19.2 Å². The first-order valence-electron chi connectivity index (χ1n) is 14.8. The summed E-state index contributed by atoms with van der Waals surface area (Å²) in [5.74, 6) is -0.575. The van der Waals surface area contributed by atoms with Crippen LogP contribution < -0.4 is 33.8 Å². The van der Waals surface area contributed by atoms with Crippen LogP contribution in [-0.2, 0) is 28.6 Å². The van der Waals surface area contributed by atoms with Gasteiger partial charge in [0.2, 0.25) is 0 Å². The van der Waals surface area contributed by atoms with Gasteiger partial charge < -0.3 is 33.2 Å². The maximum atomic E-state index is 14.2. The Hall–Kier alpha value is -5.11. The quantitative estimate of drug-likeness (QED) is 0.184. The van der Waals surface area contributed by atoms with Crippen molar-refractivity contribution in [1.82, 2.24) is 4.57 Å². The Kier molecular flexibility index (Phi) is 11.8. The first-order chi connectivity index (χ1) is 22.7. The summed E-state index contributed by atoms with van der Waals surface area (Å²) in [6, 6.07) is 9.10. The highest BCUT2D eigenvalue weighted by atomic mass is 32.1. The minimum atomic E-state index is -0.939. The Bertz CT molecular complexity index is 1860. The molecule has 0 N–H and O–H groups in total. The number of benzene rings is 2. The molecule has 0 saturated heterocycles. The molecule has 250 valence electrons. The molecule has 0 bridgehead atoms. The van der Waals surface area contributed by atoms with Gasteiger partial charge in [-0.25, -0.2) is 19.4 Å². The van der Waals surface area contributed by atoms with Crippen molar-refractivity contribution in [3.05, 3.63) is 78.5 Å². The zero-order chi connectivity index (χ0) is 34.1. The number of carbonyl (C=O) groups is 3. The fourth-order valence-electron chi connectivity index (χ4n) is 4.82. The van der Waals surface area contributed by atoms with E-state index >= 15 is 0 Å². The number of nitrogens with zero attached hydrogens (tertiary/aromatic N) is 2. The second kappa shape index (κ2) is 15.9. The van der Waals surface area contributed by atoms with Crippen molar-refractivity contribution < 1.29 is 47.5 Å². The van der Waals surface area contributed by atoms with Gasteiger partial charge in [-0.1, -0.05) is 29.5 Å². The lowest BCUT2D eigenvalue weighted by atomic mass is 9.95. The molecule has 2 heterocycles. The van der Waals surface area contributed by atoms with Crippen molar-refractivity contribution in [3.8, 4) is 23.0 Å². The second-order valence-corrected chi connectivity index (χ2v) is 10.8. The molecule has 13 nitrogen and oxygen atoms in total. The van der Waals surface area contributed by atoms with Crippen molar-refractivity contribution in [2.24, 2.45) is 4.99 Å². The zero-order valence-corrected chi connectivity index (χ0v) is 27.8. The van der Waals surface area contributed by atoms with Crippen LogP contribution in [0.4, 0.5) is 0 Å². The lowest BCUT2D eigenvalue weighted by Gasteiger charge is -2.25. The van der Waals surface area contributed by atoms with Crippen LogP contribution in [0.25, 0.3) is 6.08 Å². The molecule has 47 heavy (non-hydrogen) atoms. The van der Waals surface area contributed by atoms with Gasteiger partial charge in [0.15, 0.2) is 41.0 Å². The Balaban J connectivity index is 1.89. The average Bonchev–Trinajstić information content (AvgIpc) is 3.36. The highest BCUT2D eigenvalue weighted by Gasteiger charge is 2.34. The van der Waals surface area contributed by atoms with Gasteiger partial charge in [-0.15, -0.1) is 0 Å². The monoisotopic (exact) mass is 668 g/mol. The van der Waals surface area contributed by atoms with Gasteiger partial charge >= 0.3 is 17.9 Å². The van der Waals surface area contributed by atoms with Crippen LogP contribution in [0.3, 0.4) is 0 Å². The number of rotatable bonds is 14. The van der Waals surface area contributed by atoms with Crippen molar-refractivity contribution >= 4 is 35.3 Å². The smallest absolute Gasteiger partial charge is 0.344 e. The molecule has 0 fully saturated rings. The van der Waals surface area contributed by atoms with E-state index in [4.69, 9.17) is 28.4 Å². The molecule has 1 atom stereocenters. The summed E-state index contributed by atoms with van der Waals surface area (Å²) in [6.45, 7) is 6.74. The summed E-state index contributed by atoms with van der Waals surface area (Å²) < 4.78 is 39.4. The normalized spacial score (nSPS) is 14.1. The number of methoxy groups -OCH3 is 2. The number of hydrogen-bond donors (Lipinski definition) is 0. The Morgan fingerprint density at radius 1 is 0.894 bits per heavy atom. The largest absolute Gasteiger partial charge is 0.493 e. The standard InChI is InChI=1S/C33H36N2O11S/c1-7-42-24-15-20(13-14-22(24)45-17-26(36)41-6)29-28(32(39)44-9-3)19(4)34-33-35(29)31(38)25(47-33)16-21-11-10-12-23(40-5)30(21)46-18-27(37)43-8-2/h10-16,29H,7-9,17-18H2,1-6H3/b25-16+/t29-/m1/s1. The highest BCUT2D eigenvalue weighted by molar-refractivity contribution is 7.07. The number of thiazole rings is 1. The minimum Gasteiger partial charge on any atom is -0.493 e. The summed E-state index contributed by atoms with van der Waals surface area (Å²) >= 11 is 1.12. The van der Waals surface area contributed by atoms with E-state index < -0.39 is 29.5 Å². The predicted octanol–water partition coefficient (Wildman–Crippen LogP) is 2.70. The number of ether oxygens (including phenoxy) is 7. The van der Waals surface area contributed by atoms with Crippen molar-refractivity contribution in [1.29, 1.82) is 0 Å². The maximum Gasteiger partial charge on any atom is 0.344 e. The molecule has 3 aromatic rings. The van der Waals surface area contributed by atoms with Crippen LogP contribution in [0.5, 0.6) is 23.0 Å². The Morgan fingerprint density at radius 3 is 2.32 bits per heavy atom. The number of esters is 3. The molecule has 1 aliphatic rings. The van der Waals surface area contributed by atoms with Gasteiger partial charge in [-0.2, -0.15) is 0 Å². The van der Waals surface area contributed by atoms with Gasteiger partial charge in [0, 0.05) is 5.56 Å². The highest BCUT2D eigenvalue weighted by Crippen LogP contribution is 2.37. The summed E-state index contributed by atoms with van der Waals surface area (Å²) in [5, 5.41) is 0. The van der Waals surface area contributed by atoms with E-state index in [1.165, 1.54) is 18.8 Å². The van der Waals surface area contributed by atoms with E-state index in [0.717, 1.165) is 11.3 Å². The van der Waals surface area contributed by atoms with Crippen molar-refractivity contribution in [2.75, 3.05) is 47.3 Å². The van der Waals surface area contributed by atoms with E-state index in [1.807, 2.05) is 0 Å². The Morgan fingerprint density at radius 2 is 1.64 bits per heavy atom. The third-order valence-electron chi connectivity index (χ3n) is 6.83. The number of carbonyl (C=O) groups excluding carboxylic acids is 3. The topological polar surface area (TPSA) is 150 Å². The first-order valence-corrected chi connectivity index (χ1v) is 15.6. The number of aromatic nitrogens is 1. The molecule has 0 radical (unpaired) electrons. The fourth-order valence-corrected chi connectivity index (χ4v) is 5.86. The van der Waals surface area contributed by atoms with Crippen LogP contribution in [0.1, 0.15) is 44.9 Å². The number of fused-ring (bicyclic) bond motifs is 1. The van der Waals surface area contributed by atoms with E-state index in [1.54, 1.807) is 70.2 Å². The van der Waals surface area contributed by atoms with Crippen LogP contribution >= 0.6 is 11.3 Å². The molecule has 4 rings (SSSR count). The van der Waals surface area contributed by atoms with Gasteiger partial charge in [0.1, 0.15) is 0 Å². The molecule has 1 aromatic heterocycles. The Labute approximate surface area is 274 Å². The van der Waals surface area contributed by atoms with E-state index in [-0.39, 0.29) is 54.6 Å². The average molecular weight is 669 g/mol. The summed E-state index contributed by atoms with van der Waals surface area (Å²) in [5.41, 5.74) is 1.11. The number of hydrogen-bond acceptors (Lipinski definition) is 13. The second-order valence-electron chi connectivity index (χ2n) is 9.78. The van der Waals surface area contributed by atoms with Crippen LogP contribution in [0.2, 0.25) is 0 Å². The zero-order valence-electron chi connectivity index (χ0n) is 26.9. The molecule has 0 unspecified atom stereocenters. The lowest BCUT2D eigenvalue weighted by molar-refractivity contribution is -0.145. The first kappa shape index (κ1) is 34.8. The predicted molar refractivity (Wildman–Crippen MR) is 171 cm³/mol. The molecule has 0 saturated carbocycles. The van der Waals surface area contributed by atoms with Gasteiger partial charge in [0.05, 0.1) is 55.9 Å². The molecule has 14 heteroatoms. The maximum absolute atomic E-state index is 14.2. The van der Waals surface area contributed by atoms with Crippen LogP contribution in [0, 0.1) is 0 Å².